The second-order valence-electron chi connectivity index (χ2n) is 2.05. The van der Waals surface area contributed by atoms with E-state index < -0.39 is 11.9 Å². The van der Waals surface area contributed by atoms with E-state index in [4.69, 9.17) is 14.2 Å². The molecule has 0 bridgehead atoms. The molecule has 0 aliphatic rings. The van der Waals surface area contributed by atoms with E-state index in [0.29, 0.717) is 0 Å². The molecular weight excluding hydrogens is 164 g/mol. The summed E-state index contributed by atoms with van der Waals surface area (Å²) >= 11 is 0. The molecule has 0 aromatic heterocycles. The largest absolute Gasteiger partial charge is 0.469 e. The zero-order valence-corrected chi connectivity index (χ0v) is 7.75. The summed E-state index contributed by atoms with van der Waals surface area (Å²) < 4.78 is 19.0. The average Bonchev–Trinajstić information content (AvgIpc) is 2.14. The van der Waals surface area contributed by atoms with Crippen molar-refractivity contribution >= 4 is 5.97 Å². The fourth-order valence-electron chi connectivity index (χ4n) is 0.715. The van der Waals surface area contributed by atoms with E-state index in [-0.39, 0.29) is 6.42 Å². The zero-order chi connectivity index (χ0) is 9.61. The molecular formula is C7H14O5. The molecule has 72 valence electrons. The fourth-order valence-corrected chi connectivity index (χ4v) is 0.715. The summed E-state index contributed by atoms with van der Waals surface area (Å²) in [5.74, 6) is -1.78. The smallest absolute Gasteiger partial charge is 0.313 e. The Morgan fingerprint density at radius 1 is 1.08 bits per heavy atom. The Morgan fingerprint density at radius 2 is 1.50 bits per heavy atom. The van der Waals surface area contributed by atoms with Crippen molar-refractivity contribution in [3.05, 3.63) is 0 Å². The molecule has 0 fully saturated rings. The minimum atomic E-state index is -1.33. The van der Waals surface area contributed by atoms with Crippen LogP contribution in [0.1, 0.15) is 6.42 Å². The minimum absolute atomic E-state index is 0.104. The monoisotopic (exact) mass is 178 g/mol. The molecule has 0 aromatic carbocycles. The molecule has 0 aromatic rings. The molecule has 0 aliphatic carbocycles. The predicted molar refractivity (Wildman–Crippen MR) is 40.4 cm³/mol. The number of methoxy groups -OCH3 is 4. The molecule has 0 atom stereocenters. The van der Waals surface area contributed by atoms with E-state index in [9.17, 15) is 4.79 Å². The number of carbonyl (C=O) groups is 1. The highest BCUT2D eigenvalue weighted by Crippen LogP contribution is 2.17. The first-order valence-corrected chi connectivity index (χ1v) is 3.36. The minimum Gasteiger partial charge on any atom is -0.469 e. The Kier molecular flexibility index (Phi) is 4.80. The predicted octanol–water partition coefficient (Wildman–Crippen LogP) is 0.142. The summed E-state index contributed by atoms with van der Waals surface area (Å²) in [5.41, 5.74) is 0. The average molecular weight is 178 g/mol. The lowest BCUT2D eigenvalue weighted by atomic mass is 10.3. The van der Waals surface area contributed by atoms with Gasteiger partial charge in [0.15, 0.2) is 0 Å². The third-order valence-corrected chi connectivity index (χ3v) is 1.52. The molecule has 0 aliphatic heterocycles. The van der Waals surface area contributed by atoms with Crippen LogP contribution in [0, 0.1) is 0 Å². The van der Waals surface area contributed by atoms with E-state index in [1.165, 1.54) is 28.4 Å². The normalized spacial score (nSPS) is 11.3. The highest BCUT2D eigenvalue weighted by molar-refractivity contribution is 5.69. The van der Waals surface area contributed by atoms with Crippen LogP contribution in [0.2, 0.25) is 0 Å². The molecule has 0 rings (SSSR count). The number of hydrogen-bond acceptors (Lipinski definition) is 5. The molecule has 0 N–H and O–H groups in total. The second-order valence-corrected chi connectivity index (χ2v) is 2.05. The molecule has 0 unspecified atom stereocenters. The third-order valence-electron chi connectivity index (χ3n) is 1.52. The molecule has 0 saturated carbocycles. The number of esters is 1. The van der Waals surface area contributed by atoms with Crippen molar-refractivity contribution in [2.75, 3.05) is 28.4 Å². The van der Waals surface area contributed by atoms with Gasteiger partial charge in [-0.1, -0.05) is 0 Å². The first kappa shape index (κ1) is 11.4. The van der Waals surface area contributed by atoms with Crippen LogP contribution in [0.15, 0.2) is 0 Å². The topological polar surface area (TPSA) is 54.0 Å². The Labute approximate surface area is 71.5 Å². The van der Waals surface area contributed by atoms with Crippen LogP contribution in [0.5, 0.6) is 0 Å². The van der Waals surface area contributed by atoms with E-state index >= 15 is 0 Å². The van der Waals surface area contributed by atoms with Gasteiger partial charge in [0.2, 0.25) is 0 Å². The summed E-state index contributed by atoms with van der Waals surface area (Å²) in [7, 11) is 5.44. The Hall–Kier alpha value is -0.650. The van der Waals surface area contributed by atoms with E-state index in [2.05, 4.69) is 4.74 Å². The van der Waals surface area contributed by atoms with E-state index in [1.807, 2.05) is 0 Å². The molecule has 0 amide bonds. The lowest BCUT2D eigenvalue weighted by Gasteiger charge is -2.27. The van der Waals surface area contributed by atoms with E-state index in [0.717, 1.165) is 0 Å². The quantitative estimate of drug-likeness (QED) is 0.443. The van der Waals surface area contributed by atoms with Gasteiger partial charge in [0, 0.05) is 21.3 Å². The van der Waals surface area contributed by atoms with E-state index in [1.54, 1.807) is 0 Å². The maximum atomic E-state index is 10.8. The van der Waals surface area contributed by atoms with Crippen molar-refractivity contribution in [1.82, 2.24) is 0 Å². The highest BCUT2D eigenvalue weighted by atomic mass is 16.9. The lowest BCUT2D eigenvalue weighted by molar-refractivity contribution is -0.351. The molecule has 0 spiro atoms. The number of rotatable bonds is 5. The van der Waals surface area contributed by atoms with Crippen molar-refractivity contribution in [2.45, 2.75) is 12.4 Å². The van der Waals surface area contributed by atoms with Gasteiger partial charge in [-0.05, 0) is 0 Å². The van der Waals surface area contributed by atoms with Gasteiger partial charge < -0.3 is 18.9 Å². The standard InChI is InChI=1S/C7H14O5/c1-9-6(8)5-7(10-2,11-3)12-4/h5H2,1-4H3. The van der Waals surface area contributed by atoms with Gasteiger partial charge in [0.1, 0.15) is 6.42 Å². The van der Waals surface area contributed by atoms with Crippen molar-refractivity contribution in [3.63, 3.8) is 0 Å². The van der Waals surface area contributed by atoms with Crippen molar-refractivity contribution < 1.29 is 23.7 Å². The third kappa shape index (κ3) is 2.77. The van der Waals surface area contributed by atoms with Gasteiger partial charge in [-0.15, -0.1) is 0 Å². The lowest BCUT2D eigenvalue weighted by Crippen LogP contribution is -2.38. The maximum Gasteiger partial charge on any atom is 0.313 e. The van der Waals surface area contributed by atoms with Crippen molar-refractivity contribution in [1.29, 1.82) is 0 Å². The van der Waals surface area contributed by atoms with Crippen LogP contribution < -0.4 is 0 Å². The van der Waals surface area contributed by atoms with Crippen LogP contribution in [-0.2, 0) is 23.7 Å². The summed E-state index contributed by atoms with van der Waals surface area (Å²) in [5, 5.41) is 0. The Bertz CT molecular complexity index is 132. The molecule has 0 heterocycles. The van der Waals surface area contributed by atoms with Gasteiger partial charge in [-0.3, -0.25) is 4.79 Å². The molecule has 12 heavy (non-hydrogen) atoms. The SMILES string of the molecule is COC(=O)CC(OC)(OC)OC. The summed E-state index contributed by atoms with van der Waals surface area (Å²) in [4.78, 5) is 10.8. The van der Waals surface area contributed by atoms with Gasteiger partial charge in [-0.2, -0.15) is 0 Å². The number of hydrogen-bond donors (Lipinski definition) is 0. The Morgan fingerprint density at radius 3 is 1.75 bits per heavy atom. The van der Waals surface area contributed by atoms with Crippen molar-refractivity contribution in [2.24, 2.45) is 0 Å². The van der Waals surface area contributed by atoms with Crippen LogP contribution in [0.25, 0.3) is 0 Å². The first-order chi connectivity index (χ1) is 5.64. The second kappa shape index (κ2) is 5.08. The van der Waals surface area contributed by atoms with Gasteiger partial charge in [0.25, 0.3) is 5.97 Å². The van der Waals surface area contributed by atoms with Gasteiger partial charge >= 0.3 is 5.97 Å². The molecule has 5 heteroatoms. The van der Waals surface area contributed by atoms with Crippen LogP contribution in [-0.4, -0.2) is 40.4 Å². The van der Waals surface area contributed by atoms with Crippen LogP contribution >= 0.6 is 0 Å². The van der Waals surface area contributed by atoms with Gasteiger partial charge in [-0.25, -0.2) is 0 Å². The number of carbonyl (C=O) groups excluding carboxylic acids is 1. The first-order valence-electron chi connectivity index (χ1n) is 3.36. The molecule has 0 saturated heterocycles. The maximum absolute atomic E-state index is 10.8. The van der Waals surface area contributed by atoms with Crippen LogP contribution in [0.4, 0.5) is 0 Å². The van der Waals surface area contributed by atoms with Crippen molar-refractivity contribution in [3.8, 4) is 0 Å². The summed E-state index contributed by atoms with van der Waals surface area (Å²) in [6.07, 6.45) is -0.104. The van der Waals surface area contributed by atoms with Gasteiger partial charge in [0.05, 0.1) is 7.11 Å². The number of ether oxygens (including phenoxy) is 4. The Balaban J connectivity index is 4.19. The van der Waals surface area contributed by atoms with Crippen LogP contribution in [0.3, 0.4) is 0 Å². The highest BCUT2D eigenvalue weighted by Gasteiger charge is 2.33. The summed E-state index contributed by atoms with van der Waals surface area (Å²) in [6.45, 7) is 0. The fraction of sp³-hybridized carbons (Fsp3) is 0.857. The molecule has 0 radical (unpaired) electrons. The zero-order valence-electron chi connectivity index (χ0n) is 7.75. The molecule has 5 nitrogen and oxygen atoms in total. The summed E-state index contributed by atoms with van der Waals surface area (Å²) in [6, 6.07) is 0.